The van der Waals surface area contributed by atoms with Crippen LogP contribution in [-0.2, 0) is 5.41 Å². The van der Waals surface area contributed by atoms with Crippen LogP contribution >= 0.6 is 0 Å². The van der Waals surface area contributed by atoms with Crippen LogP contribution in [0.1, 0.15) is 25.0 Å². The Bertz CT molecular complexity index is 3910. The zero-order valence-electron chi connectivity index (χ0n) is 36.3. The molecule has 12 aromatic carbocycles. The van der Waals surface area contributed by atoms with Crippen molar-refractivity contribution < 1.29 is 0 Å². The predicted molar refractivity (Wildman–Crippen MR) is 278 cm³/mol. The summed E-state index contributed by atoms with van der Waals surface area (Å²) in [7, 11) is 0. The normalized spacial score (nSPS) is 13.2. The van der Waals surface area contributed by atoms with Crippen LogP contribution in [0.3, 0.4) is 0 Å². The molecule has 0 amide bonds. The van der Waals surface area contributed by atoms with Gasteiger partial charge in [0.2, 0.25) is 0 Å². The van der Waals surface area contributed by atoms with Gasteiger partial charge in [-0.3, -0.25) is 0 Å². The molecule has 2 aliphatic carbocycles. The zero-order chi connectivity index (χ0) is 43.0. The SMILES string of the molecule is CC1(C)c2cc3cc(-c4cccc(-c5ccc6c7c(cccc57)-c5c-6c(-c6ccccc6)c6ccccc6c5-c5ccccc5)c4)ccc3cc2-c2c1c1ccccc1c1ccccc21. The Hall–Kier alpha value is -8.06. The highest BCUT2D eigenvalue weighted by atomic mass is 14.4. The average Bonchev–Trinajstić information content (AvgIpc) is 3.81. The Labute approximate surface area is 378 Å². The van der Waals surface area contributed by atoms with Crippen molar-refractivity contribution in [2.75, 3.05) is 0 Å². The molecule has 0 nitrogen and oxygen atoms in total. The van der Waals surface area contributed by atoms with Gasteiger partial charge in [0.15, 0.2) is 0 Å². The van der Waals surface area contributed by atoms with Gasteiger partial charge in [-0.1, -0.05) is 208 Å². The van der Waals surface area contributed by atoms with Crippen LogP contribution in [0.15, 0.2) is 218 Å². The summed E-state index contributed by atoms with van der Waals surface area (Å²) in [5, 5.41) is 13.1. The van der Waals surface area contributed by atoms with Gasteiger partial charge in [0.25, 0.3) is 0 Å². The molecule has 0 heterocycles. The lowest BCUT2D eigenvalue weighted by molar-refractivity contribution is 0.667. The first kappa shape index (κ1) is 36.4. The predicted octanol–water partition coefficient (Wildman–Crippen LogP) is 18.1. The summed E-state index contributed by atoms with van der Waals surface area (Å²) in [6.45, 7) is 4.84. The third-order valence-electron chi connectivity index (χ3n) is 14.9. The Balaban J connectivity index is 0.928. The van der Waals surface area contributed by atoms with Gasteiger partial charge in [0, 0.05) is 5.41 Å². The Morgan fingerprint density at radius 2 is 0.754 bits per heavy atom. The van der Waals surface area contributed by atoms with E-state index in [1.807, 2.05) is 0 Å². The molecule has 0 saturated carbocycles. The second-order valence-corrected chi connectivity index (χ2v) is 18.7. The molecule has 12 aromatic rings. The molecular formula is C65H42. The summed E-state index contributed by atoms with van der Waals surface area (Å²) in [5.41, 5.74) is 20.8. The number of hydrogen-bond acceptors (Lipinski definition) is 0. The van der Waals surface area contributed by atoms with Crippen LogP contribution in [0, 0.1) is 0 Å². The molecule has 0 bridgehead atoms. The average molecular weight is 823 g/mol. The van der Waals surface area contributed by atoms with Gasteiger partial charge in [-0.05, 0) is 167 Å². The molecule has 0 unspecified atom stereocenters. The van der Waals surface area contributed by atoms with Gasteiger partial charge in [0.05, 0.1) is 0 Å². The number of benzene rings is 12. The van der Waals surface area contributed by atoms with E-state index in [-0.39, 0.29) is 5.41 Å². The van der Waals surface area contributed by atoms with Crippen molar-refractivity contribution in [3.05, 3.63) is 230 Å². The quantitative estimate of drug-likeness (QED) is 0.155. The van der Waals surface area contributed by atoms with E-state index in [4.69, 9.17) is 0 Å². The van der Waals surface area contributed by atoms with Gasteiger partial charge in [-0.25, -0.2) is 0 Å². The smallest absolute Gasteiger partial charge is 0.0165 e. The molecule has 0 aliphatic heterocycles. The Morgan fingerprint density at radius 1 is 0.262 bits per heavy atom. The molecule has 0 fully saturated rings. The highest BCUT2D eigenvalue weighted by Gasteiger charge is 2.39. The second kappa shape index (κ2) is 13.5. The van der Waals surface area contributed by atoms with Crippen LogP contribution in [0.4, 0.5) is 0 Å². The minimum absolute atomic E-state index is 0.149. The number of rotatable bonds is 4. The Kier molecular flexibility index (Phi) is 7.55. The molecule has 65 heavy (non-hydrogen) atoms. The second-order valence-electron chi connectivity index (χ2n) is 18.7. The number of hydrogen-bond donors (Lipinski definition) is 0. The van der Waals surface area contributed by atoms with E-state index in [2.05, 4.69) is 232 Å². The summed E-state index contributed by atoms with van der Waals surface area (Å²) >= 11 is 0. The van der Waals surface area contributed by atoms with Crippen LogP contribution < -0.4 is 0 Å². The van der Waals surface area contributed by atoms with Crippen molar-refractivity contribution in [2.45, 2.75) is 19.3 Å². The summed E-state index contributed by atoms with van der Waals surface area (Å²) in [6.07, 6.45) is 0. The van der Waals surface area contributed by atoms with Crippen molar-refractivity contribution in [3.63, 3.8) is 0 Å². The first-order valence-corrected chi connectivity index (χ1v) is 22.9. The Morgan fingerprint density at radius 3 is 1.43 bits per heavy atom. The van der Waals surface area contributed by atoms with E-state index in [0.717, 1.165) is 0 Å². The molecule has 0 heteroatoms. The largest absolute Gasteiger partial charge is 0.0622 e. The molecule has 0 radical (unpaired) electrons. The number of fused-ring (bicyclic) bond motifs is 13. The maximum atomic E-state index is 2.49. The van der Waals surface area contributed by atoms with Crippen LogP contribution in [0.5, 0.6) is 0 Å². The van der Waals surface area contributed by atoms with Crippen molar-refractivity contribution in [1.29, 1.82) is 0 Å². The maximum absolute atomic E-state index is 2.49. The van der Waals surface area contributed by atoms with Gasteiger partial charge < -0.3 is 0 Å². The fraction of sp³-hybridized carbons (Fsp3) is 0.0462. The first-order chi connectivity index (χ1) is 32.0. The fourth-order valence-corrected chi connectivity index (χ4v) is 12.1. The highest BCUT2D eigenvalue weighted by molar-refractivity contribution is 6.29. The van der Waals surface area contributed by atoms with Gasteiger partial charge in [-0.15, -0.1) is 0 Å². The van der Waals surface area contributed by atoms with Crippen molar-refractivity contribution in [3.8, 4) is 77.9 Å². The molecule has 302 valence electrons. The van der Waals surface area contributed by atoms with E-state index in [0.29, 0.717) is 0 Å². The van der Waals surface area contributed by atoms with Gasteiger partial charge in [-0.2, -0.15) is 0 Å². The van der Waals surface area contributed by atoms with E-state index < -0.39 is 0 Å². The van der Waals surface area contributed by atoms with Crippen LogP contribution in [0.25, 0.3) is 132 Å². The summed E-state index contributed by atoms with van der Waals surface area (Å²) in [6, 6.07) is 81.9. The third kappa shape index (κ3) is 5.08. The van der Waals surface area contributed by atoms with E-state index in [1.165, 1.54) is 143 Å². The summed E-state index contributed by atoms with van der Waals surface area (Å²) in [5.74, 6) is 0. The lowest BCUT2D eigenvalue weighted by Crippen LogP contribution is -2.15. The highest BCUT2D eigenvalue weighted by Crippen LogP contribution is 2.59. The molecule has 0 N–H and O–H groups in total. The lowest BCUT2D eigenvalue weighted by Gasteiger charge is -2.24. The van der Waals surface area contributed by atoms with Crippen molar-refractivity contribution >= 4 is 53.9 Å². The summed E-state index contributed by atoms with van der Waals surface area (Å²) < 4.78 is 0. The maximum Gasteiger partial charge on any atom is 0.0165 e. The minimum Gasteiger partial charge on any atom is -0.0622 e. The monoisotopic (exact) mass is 822 g/mol. The minimum atomic E-state index is -0.149. The van der Waals surface area contributed by atoms with Gasteiger partial charge >= 0.3 is 0 Å². The third-order valence-corrected chi connectivity index (χ3v) is 14.9. The lowest BCUT2D eigenvalue weighted by atomic mass is 9.79. The van der Waals surface area contributed by atoms with E-state index in [9.17, 15) is 0 Å². The topological polar surface area (TPSA) is 0 Å². The molecule has 0 saturated heterocycles. The van der Waals surface area contributed by atoms with Crippen molar-refractivity contribution in [1.82, 2.24) is 0 Å². The van der Waals surface area contributed by atoms with Gasteiger partial charge in [0.1, 0.15) is 0 Å². The zero-order valence-corrected chi connectivity index (χ0v) is 36.3. The van der Waals surface area contributed by atoms with Crippen molar-refractivity contribution in [2.24, 2.45) is 0 Å². The van der Waals surface area contributed by atoms with E-state index in [1.54, 1.807) is 0 Å². The molecule has 0 aromatic heterocycles. The van der Waals surface area contributed by atoms with Crippen LogP contribution in [-0.4, -0.2) is 0 Å². The molecule has 0 atom stereocenters. The fourth-order valence-electron chi connectivity index (χ4n) is 12.1. The van der Waals surface area contributed by atoms with E-state index >= 15 is 0 Å². The molecule has 2 aliphatic rings. The first-order valence-electron chi connectivity index (χ1n) is 22.9. The van der Waals surface area contributed by atoms with Crippen LogP contribution in [0.2, 0.25) is 0 Å². The molecule has 0 spiro atoms. The molecular weight excluding hydrogens is 781 g/mol. The summed E-state index contributed by atoms with van der Waals surface area (Å²) in [4.78, 5) is 0. The standard InChI is InChI=1S/C65H42/c1-65(2)57-38-45-36-42(31-32-43(45)37-56(57)61-50-25-11-9-23-47(50)48-24-10-14-28-53(48)64(61)65)41-21-15-22-44(35-41)46-33-34-55-60-49(46)29-16-30-54(60)62-58(39-17-5-3-6-18-39)51-26-12-13-27-52(51)59(63(55)62)40-19-7-4-8-20-40/h3-38H,1-2H3. The molecule has 14 rings (SSSR count).